The monoisotopic (exact) mass is 218 g/mol. The van der Waals surface area contributed by atoms with Gasteiger partial charge in [-0.25, -0.2) is 0 Å². The third kappa shape index (κ3) is 0.881. The Morgan fingerprint density at radius 1 is 1.19 bits per heavy atom. The lowest BCUT2D eigenvalue weighted by Crippen LogP contribution is -2.41. The highest BCUT2D eigenvalue weighted by Crippen LogP contribution is 2.79. The number of hydrogen-bond donors (Lipinski definition) is 0. The molecule has 16 heavy (non-hydrogen) atoms. The maximum absolute atomic E-state index is 12.1. The first-order valence-corrected chi connectivity index (χ1v) is 6.56. The molecule has 0 saturated heterocycles. The number of ketones is 1. The van der Waals surface area contributed by atoms with E-state index in [2.05, 4.69) is 27.4 Å². The number of carbonyl (C=O) groups excluding carboxylic acids is 1. The van der Waals surface area contributed by atoms with Crippen molar-refractivity contribution in [3.05, 3.63) is 12.2 Å². The zero-order valence-corrected chi connectivity index (χ0v) is 10.7. The highest BCUT2D eigenvalue weighted by molar-refractivity contribution is 5.87. The number of carbonyl (C=O) groups is 1. The van der Waals surface area contributed by atoms with Crippen molar-refractivity contribution in [3.63, 3.8) is 0 Å². The van der Waals surface area contributed by atoms with E-state index in [4.69, 9.17) is 0 Å². The molecule has 0 radical (unpaired) electrons. The van der Waals surface area contributed by atoms with Gasteiger partial charge in [-0.1, -0.05) is 32.9 Å². The van der Waals surface area contributed by atoms with Crippen molar-refractivity contribution >= 4 is 5.78 Å². The smallest absolute Gasteiger partial charge is 0.139 e. The molecule has 0 bridgehead atoms. The SMILES string of the molecule is C=C1CC[C@@]2([C@]3(C)CCC(=O)C3(C)C)C[C@H]12. The van der Waals surface area contributed by atoms with E-state index in [1.807, 2.05) is 0 Å². The van der Waals surface area contributed by atoms with Crippen molar-refractivity contribution < 1.29 is 4.79 Å². The standard InChI is InChI=1S/C15H22O/c1-10-5-8-15(9-11(10)15)14(4)7-6-12(16)13(14,2)3/h11H,1,5-9H2,2-4H3/t11-,14-,15-/m1/s1. The lowest BCUT2D eigenvalue weighted by molar-refractivity contribution is -0.129. The maximum atomic E-state index is 12.1. The fourth-order valence-corrected chi connectivity index (χ4v) is 4.73. The molecule has 3 saturated carbocycles. The third-order valence-electron chi connectivity index (χ3n) is 6.49. The molecule has 0 unspecified atom stereocenters. The summed E-state index contributed by atoms with van der Waals surface area (Å²) >= 11 is 0. The van der Waals surface area contributed by atoms with Crippen LogP contribution >= 0.6 is 0 Å². The lowest BCUT2D eigenvalue weighted by atomic mass is 9.59. The largest absolute Gasteiger partial charge is 0.299 e. The second kappa shape index (κ2) is 2.63. The van der Waals surface area contributed by atoms with Crippen molar-refractivity contribution in [2.75, 3.05) is 0 Å². The van der Waals surface area contributed by atoms with E-state index >= 15 is 0 Å². The van der Waals surface area contributed by atoms with E-state index < -0.39 is 0 Å². The van der Waals surface area contributed by atoms with Crippen LogP contribution < -0.4 is 0 Å². The fourth-order valence-electron chi connectivity index (χ4n) is 4.73. The molecule has 88 valence electrons. The molecule has 0 spiro atoms. The summed E-state index contributed by atoms with van der Waals surface area (Å²) < 4.78 is 0. The van der Waals surface area contributed by atoms with Crippen molar-refractivity contribution in [1.82, 2.24) is 0 Å². The van der Waals surface area contributed by atoms with Crippen molar-refractivity contribution in [2.45, 2.75) is 52.9 Å². The van der Waals surface area contributed by atoms with E-state index in [1.54, 1.807) is 0 Å². The highest BCUT2D eigenvalue weighted by atomic mass is 16.1. The average Bonchev–Trinajstić information content (AvgIpc) is 2.84. The first-order valence-electron chi connectivity index (χ1n) is 6.56. The Morgan fingerprint density at radius 2 is 1.88 bits per heavy atom. The molecule has 1 heteroatoms. The van der Waals surface area contributed by atoms with Gasteiger partial charge in [-0.3, -0.25) is 4.79 Å². The number of Topliss-reactive ketones (excluding diaryl/α,β-unsaturated/α-hetero) is 1. The molecule has 3 atom stereocenters. The first kappa shape index (κ1) is 10.6. The second-order valence-corrected chi connectivity index (χ2v) is 6.95. The Kier molecular flexibility index (Phi) is 1.73. The van der Waals surface area contributed by atoms with Gasteiger partial charge in [-0.05, 0) is 42.4 Å². The summed E-state index contributed by atoms with van der Waals surface area (Å²) in [5.41, 5.74) is 2.00. The van der Waals surface area contributed by atoms with Gasteiger partial charge in [0.25, 0.3) is 0 Å². The van der Waals surface area contributed by atoms with Crippen LogP contribution in [-0.2, 0) is 4.79 Å². The van der Waals surface area contributed by atoms with Crippen LogP contribution in [-0.4, -0.2) is 5.78 Å². The molecule has 3 aliphatic rings. The zero-order chi connectivity index (χ0) is 11.8. The summed E-state index contributed by atoms with van der Waals surface area (Å²) in [6, 6.07) is 0. The Bertz CT molecular complexity index is 392. The van der Waals surface area contributed by atoms with Crippen LogP contribution in [0.3, 0.4) is 0 Å². The predicted molar refractivity (Wildman–Crippen MR) is 65.0 cm³/mol. The minimum Gasteiger partial charge on any atom is -0.299 e. The van der Waals surface area contributed by atoms with Crippen LogP contribution in [0.25, 0.3) is 0 Å². The molecule has 3 aliphatic carbocycles. The van der Waals surface area contributed by atoms with Gasteiger partial charge in [0.2, 0.25) is 0 Å². The molecule has 0 N–H and O–H groups in total. The highest BCUT2D eigenvalue weighted by Gasteiger charge is 2.73. The van der Waals surface area contributed by atoms with Gasteiger partial charge in [0.05, 0.1) is 0 Å². The summed E-state index contributed by atoms with van der Waals surface area (Å²) in [6.45, 7) is 10.9. The molecule has 3 rings (SSSR count). The fraction of sp³-hybridized carbons (Fsp3) is 0.800. The number of hydrogen-bond acceptors (Lipinski definition) is 1. The van der Waals surface area contributed by atoms with Crippen molar-refractivity contribution in [2.24, 2.45) is 22.2 Å². The van der Waals surface area contributed by atoms with E-state index in [0.29, 0.717) is 11.2 Å². The van der Waals surface area contributed by atoms with Gasteiger partial charge in [-0.15, -0.1) is 0 Å². The van der Waals surface area contributed by atoms with E-state index in [9.17, 15) is 4.79 Å². The Labute approximate surface area is 98.3 Å². The Balaban J connectivity index is 2.02. The van der Waals surface area contributed by atoms with Crippen LogP contribution in [0.5, 0.6) is 0 Å². The quantitative estimate of drug-likeness (QED) is 0.613. The molecule has 0 heterocycles. The molecular weight excluding hydrogens is 196 g/mol. The van der Waals surface area contributed by atoms with Gasteiger partial charge in [0.1, 0.15) is 5.78 Å². The van der Waals surface area contributed by atoms with Gasteiger partial charge in [0.15, 0.2) is 0 Å². The molecular formula is C15H22O. The summed E-state index contributed by atoms with van der Waals surface area (Å²) in [5.74, 6) is 1.22. The molecule has 0 aromatic heterocycles. The molecule has 0 aliphatic heterocycles. The van der Waals surface area contributed by atoms with Gasteiger partial charge in [-0.2, -0.15) is 0 Å². The average molecular weight is 218 g/mol. The summed E-state index contributed by atoms with van der Waals surface area (Å²) in [5, 5.41) is 0. The van der Waals surface area contributed by atoms with Crippen LogP contribution in [0.1, 0.15) is 52.9 Å². The number of allylic oxidation sites excluding steroid dienone is 1. The molecule has 0 amide bonds. The topological polar surface area (TPSA) is 17.1 Å². The number of rotatable bonds is 1. The van der Waals surface area contributed by atoms with E-state index in [-0.39, 0.29) is 10.8 Å². The number of fused-ring (bicyclic) bond motifs is 1. The Morgan fingerprint density at radius 3 is 2.25 bits per heavy atom. The molecule has 1 nitrogen and oxygen atoms in total. The predicted octanol–water partition coefficient (Wildman–Crippen LogP) is 3.74. The van der Waals surface area contributed by atoms with Gasteiger partial charge in [0, 0.05) is 11.8 Å². The minimum atomic E-state index is -0.119. The molecule has 0 aromatic carbocycles. The van der Waals surface area contributed by atoms with Crippen LogP contribution in [0, 0.1) is 22.2 Å². The van der Waals surface area contributed by atoms with E-state index in [1.165, 1.54) is 24.8 Å². The van der Waals surface area contributed by atoms with Gasteiger partial charge < -0.3 is 0 Å². The Hall–Kier alpha value is -0.590. The lowest BCUT2D eigenvalue weighted by Gasteiger charge is -2.44. The summed E-state index contributed by atoms with van der Waals surface area (Å²) in [7, 11) is 0. The van der Waals surface area contributed by atoms with E-state index in [0.717, 1.165) is 18.8 Å². The normalized spacial score (nSPS) is 49.6. The zero-order valence-electron chi connectivity index (χ0n) is 10.7. The summed E-state index contributed by atoms with van der Waals surface area (Å²) in [6.07, 6.45) is 5.68. The maximum Gasteiger partial charge on any atom is 0.139 e. The summed E-state index contributed by atoms with van der Waals surface area (Å²) in [4.78, 5) is 12.1. The van der Waals surface area contributed by atoms with Crippen LogP contribution in [0.15, 0.2) is 12.2 Å². The van der Waals surface area contributed by atoms with Crippen LogP contribution in [0.4, 0.5) is 0 Å². The molecule has 0 aromatic rings. The second-order valence-electron chi connectivity index (χ2n) is 6.95. The molecule has 3 fully saturated rings. The van der Waals surface area contributed by atoms with Crippen molar-refractivity contribution in [3.8, 4) is 0 Å². The van der Waals surface area contributed by atoms with Crippen molar-refractivity contribution in [1.29, 1.82) is 0 Å². The third-order valence-corrected chi connectivity index (χ3v) is 6.49. The minimum absolute atomic E-state index is 0.119. The van der Waals surface area contributed by atoms with Gasteiger partial charge >= 0.3 is 0 Å². The van der Waals surface area contributed by atoms with Crippen LogP contribution in [0.2, 0.25) is 0 Å². The first-order chi connectivity index (χ1) is 7.35.